The molecule has 2 fully saturated rings. The Bertz CT molecular complexity index is 569. The van der Waals surface area contributed by atoms with Gasteiger partial charge in [0.05, 0.1) is 6.04 Å². The molecule has 0 bridgehead atoms. The van der Waals surface area contributed by atoms with Crippen molar-refractivity contribution in [2.45, 2.75) is 137 Å². The molecule has 0 aromatic heterocycles. The third kappa shape index (κ3) is 5.91. The number of Topliss-reactive ketones (excluding diaryl/α,β-unsaturated/α-hetero) is 1. The molecule has 0 saturated heterocycles. The summed E-state index contributed by atoms with van der Waals surface area (Å²) in [7, 11) is 0. The quantitative estimate of drug-likeness (QED) is 0.200. The summed E-state index contributed by atoms with van der Waals surface area (Å²) in [6.07, 6.45) is 15.6. The van der Waals surface area contributed by atoms with Gasteiger partial charge in [-0.15, -0.1) is 0 Å². The molecular weight excluding hydrogens is 356 g/mol. The molecule has 3 nitrogen and oxygen atoms in total. The van der Waals surface area contributed by atoms with Crippen molar-refractivity contribution in [3.63, 3.8) is 0 Å². The molecule has 0 amide bonds. The zero-order chi connectivity index (χ0) is 21.7. The van der Waals surface area contributed by atoms with E-state index in [1.165, 1.54) is 64.2 Å². The largest absolute Gasteiger partial charge is 0.296 e. The summed E-state index contributed by atoms with van der Waals surface area (Å²) in [6.45, 7) is 14.7. The molecule has 29 heavy (non-hydrogen) atoms. The van der Waals surface area contributed by atoms with Gasteiger partial charge in [0.15, 0.2) is 5.78 Å². The monoisotopic (exact) mass is 404 g/mol. The number of unbranched alkanes of at least 4 members (excludes halogenated alkanes) is 6. The highest BCUT2D eigenvalue weighted by Crippen LogP contribution is 2.77. The minimum absolute atomic E-state index is 0.236. The lowest BCUT2D eigenvalue weighted by atomic mass is 9.75. The summed E-state index contributed by atoms with van der Waals surface area (Å²) in [4.78, 5) is 13.0. The van der Waals surface area contributed by atoms with Gasteiger partial charge in [0.25, 0.3) is 0 Å². The highest BCUT2D eigenvalue weighted by atomic mass is 16.1. The van der Waals surface area contributed by atoms with Crippen molar-refractivity contribution < 1.29 is 4.79 Å². The first-order chi connectivity index (χ1) is 13.7. The van der Waals surface area contributed by atoms with Crippen LogP contribution in [0.4, 0.5) is 0 Å². The number of carbonyl (C=O) groups is 1. The molecule has 2 rings (SSSR count). The number of hydrogen-bond acceptors (Lipinski definition) is 3. The van der Waals surface area contributed by atoms with Gasteiger partial charge in [0.2, 0.25) is 0 Å². The average molecular weight is 405 g/mol. The highest BCUT2D eigenvalue weighted by molar-refractivity contribution is 5.92. The summed E-state index contributed by atoms with van der Waals surface area (Å²) < 4.78 is 0. The number of nitrogens with zero attached hydrogens (tertiary/aromatic N) is 2. The number of azo groups is 1. The Kier molecular flexibility index (Phi) is 8.51. The molecule has 2 aliphatic rings. The van der Waals surface area contributed by atoms with Gasteiger partial charge in [-0.25, -0.2) is 0 Å². The van der Waals surface area contributed by atoms with Crippen LogP contribution in [-0.2, 0) is 4.79 Å². The Morgan fingerprint density at radius 1 is 0.966 bits per heavy atom. The van der Waals surface area contributed by atoms with E-state index in [0.29, 0.717) is 11.3 Å². The van der Waals surface area contributed by atoms with E-state index < -0.39 is 5.54 Å². The lowest BCUT2D eigenvalue weighted by molar-refractivity contribution is -0.132. The molecule has 5 unspecified atom stereocenters. The molecule has 0 N–H and O–H groups in total. The van der Waals surface area contributed by atoms with E-state index in [-0.39, 0.29) is 17.2 Å². The second-order valence-electron chi connectivity index (χ2n) is 11.0. The van der Waals surface area contributed by atoms with Crippen LogP contribution in [0.15, 0.2) is 10.2 Å². The van der Waals surface area contributed by atoms with Crippen LogP contribution >= 0.6 is 0 Å². The first-order valence-electron chi connectivity index (χ1n) is 12.6. The molecule has 3 heteroatoms. The van der Waals surface area contributed by atoms with Gasteiger partial charge in [-0.2, -0.15) is 10.2 Å². The standard InChI is InChI=1S/C26H48N2O/c1-8-11-12-13-14-15-16-17-21-18-26(21)19-22(26)20(4)27-28-25(7,10-3)23(29)24(5,6)9-2/h20-22H,8-19H2,1-7H3. The smallest absolute Gasteiger partial charge is 0.167 e. The fourth-order valence-electron chi connectivity index (χ4n) is 5.31. The normalized spacial score (nSPS) is 29.2. The highest BCUT2D eigenvalue weighted by Gasteiger charge is 2.70. The van der Waals surface area contributed by atoms with Crippen molar-refractivity contribution in [1.82, 2.24) is 0 Å². The van der Waals surface area contributed by atoms with E-state index in [4.69, 9.17) is 5.11 Å². The summed E-state index contributed by atoms with van der Waals surface area (Å²) >= 11 is 0. The van der Waals surface area contributed by atoms with Gasteiger partial charge in [0.1, 0.15) is 5.54 Å². The molecule has 0 heterocycles. The van der Waals surface area contributed by atoms with Crippen LogP contribution in [-0.4, -0.2) is 17.4 Å². The molecule has 2 saturated carbocycles. The van der Waals surface area contributed by atoms with Gasteiger partial charge < -0.3 is 0 Å². The zero-order valence-corrected chi connectivity index (χ0v) is 20.5. The van der Waals surface area contributed by atoms with Crippen molar-refractivity contribution in [3.8, 4) is 0 Å². The lowest BCUT2D eigenvalue weighted by Crippen LogP contribution is -2.42. The van der Waals surface area contributed by atoms with Crippen molar-refractivity contribution in [3.05, 3.63) is 0 Å². The van der Waals surface area contributed by atoms with E-state index in [1.807, 2.05) is 20.8 Å². The third-order valence-electron chi connectivity index (χ3n) is 8.33. The number of carbonyl (C=O) groups excluding carboxylic acids is 1. The predicted octanol–water partition coefficient (Wildman–Crippen LogP) is 8.17. The van der Waals surface area contributed by atoms with E-state index in [9.17, 15) is 4.79 Å². The van der Waals surface area contributed by atoms with Crippen molar-refractivity contribution in [1.29, 1.82) is 0 Å². The molecule has 5 atom stereocenters. The molecule has 0 radical (unpaired) electrons. The average Bonchev–Trinajstić information content (AvgIpc) is 3.62. The Balaban J connectivity index is 1.76. The van der Waals surface area contributed by atoms with Crippen LogP contribution in [0.1, 0.15) is 126 Å². The summed E-state index contributed by atoms with van der Waals surface area (Å²) in [5.74, 6) is 1.88. The fraction of sp³-hybridized carbons (Fsp3) is 0.962. The second-order valence-corrected chi connectivity index (χ2v) is 11.0. The molecule has 1 spiro atoms. The van der Waals surface area contributed by atoms with Gasteiger partial charge in [-0.3, -0.25) is 4.79 Å². The summed E-state index contributed by atoms with van der Waals surface area (Å²) in [5, 5.41) is 9.36. The van der Waals surface area contributed by atoms with Crippen molar-refractivity contribution >= 4 is 5.78 Å². The number of hydrogen-bond donors (Lipinski definition) is 0. The number of ketones is 1. The van der Waals surface area contributed by atoms with Gasteiger partial charge in [0, 0.05) is 5.41 Å². The Morgan fingerprint density at radius 3 is 2.17 bits per heavy atom. The minimum atomic E-state index is -0.670. The van der Waals surface area contributed by atoms with Crippen LogP contribution in [0, 0.1) is 22.7 Å². The van der Waals surface area contributed by atoms with Crippen LogP contribution < -0.4 is 0 Å². The Hall–Kier alpha value is -0.730. The van der Waals surface area contributed by atoms with E-state index in [0.717, 1.165) is 18.8 Å². The van der Waals surface area contributed by atoms with Crippen LogP contribution in [0.2, 0.25) is 0 Å². The Labute approximate surface area is 180 Å². The second kappa shape index (κ2) is 10.1. The lowest BCUT2D eigenvalue weighted by Gasteiger charge is -2.31. The fourth-order valence-corrected chi connectivity index (χ4v) is 5.31. The minimum Gasteiger partial charge on any atom is -0.296 e. The maximum Gasteiger partial charge on any atom is 0.167 e. The van der Waals surface area contributed by atoms with Crippen LogP contribution in [0.3, 0.4) is 0 Å². The predicted molar refractivity (Wildman–Crippen MR) is 123 cm³/mol. The van der Waals surface area contributed by atoms with Gasteiger partial charge in [-0.1, -0.05) is 79.6 Å². The van der Waals surface area contributed by atoms with E-state index in [1.54, 1.807) is 0 Å². The third-order valence-corrected chi connectivity index (χ3v) is 8.33. The van der Waals surface area contributed by atoms with Crippen LogP contribution in [0.5, 0.6) is 0 Å². The first kappa shape index (κ1) is 24.5. The maximum atomic E-state index is 13.0. The van der Waals surface area contributed by atoms with E-state index in [2.05, 4.69) is 32.8 Å². The molecular formula is C26H48N2O. The maximum absolute atomic E-state index is 13.0. The summed E-state index contributed by atoms with van der Waals surface area (Å²) in [6, 6.07) is 0.262. The van der Waals surface area contributed by atoms with Crippen molar-refractivity contribution in [2.75, 3.05) is 0 Å². The molecule has 0 aromatic rings. The van der Waals surface area contributed by atoms with Gasteiger partial charge >= 0.3 is 0 Å². The molecule has 2 aliphatic carbocycles. The summed E-state index contributed by atoms with van der Waals surface area (Å²) in [5.41, 5.74) is -0.390. The van der Waals surface area contributed by atoms with Crippen molar-refractivity contribution in [2.24, 2.45) is 32.9 Å². The van der Waals surface area contributed by atoms with Gasteiger partial charge in [-0.05, 0) is 63.2 Å². The van der Waals surface area contributed by atoms with E-state index >= 15 is 0 Å². The SMILES string of the molecule is CCCCCCCCCC1CC12CC2C(C)N=NC(C)(CC)C(=O)C(C)(C)CC. The molecule has 0 aromatic carbocycles. The van der Waals surface area contributed by atoms with Crippen LogP contribution in [0.25, 0.3) is 0 Å². The topological polar surface area (TPSA) is 41.8 Å². The molecule has 0 aliphatic heterocycles. The molecule has 168 valence electrons. The first-order valence-corrected chi connectivity index (χ1v) is 12.6. The Morgan fingerprint density at radius 2 is 1.59 bits per heavy atom. The number of rotatable bonds is 15. The zero-order valence-electron chi connectivity index (χ0n) is 20.5.